The molecule has 1 atom stereocenters. The van der Waals surface area contributed by atoms with Crippen LogP contribution in [0.5, 0.6) is 0 Å². The lowest BCUT2D eigenvalue weighted by molar-refractivity contribution is -0.118. The van der Waals surface area contributed by atoms with Crippen molar-refractivity contribution < 1.29 is 4.79 Å². The van der Waals surface area contributed by atoms with E-state index in [2.05, 4.69) is 26.2 Å². The van der Waals surface area contributed by atoms with Gasteiger partial charge in [-0.2, -0.15) is 5.26 Å². The summed E-state index contributed by atoms with van der Waals surface area (Å²) >= 11 is 3.36. The van der Waals surface area contributed by atoms with E-state index in [1.807, 2.05) is 24.3 Å². The van der Waals surface area contributed by atoms with Gasteiger partial charge in [-0.25, -0.2) is 0 Å². The molecule has 0 bridgehead atoms. The number of carbonyl (C=O) groups excluding carboxylic acids is 1. The fourth-order valence-electron chi connectivity index (χ4n) is 1.73. The molecule has 1 aromatic heterocycles. The number of amides is 1. The summed E-state index contributed by atoms with van der Waals surface area (Å²) < 4.78 is 0.786. The van der Waals surface area contributed by atoms with Crippen LogP contribution in [0.25, 0.3) is 0 Å². The maximum absolute atomic E-state index is 12.1. The molecule has 1 unspecified atom stereocenters. The van der Waals surface area contributed by atoms with Gasteiger partial charge in [0.15, 0.2) is 0 Å². The zero-order valence-electron chi connectivity index (χ0n) is 10.6. The molecule has 0 aliphatic heterocycles. The number of halogens is 1. The summed E-state index contributed by atoms with van der Waals surface area (Å²) in [4.78, 5) is 16.0. The number of rotatable bonds is 4. The van der Waals surface area contributed by atoms with Crippen molar-refractivity contribution in [1.29, 1.82) is 5.26 Å². The van der Waals surface area contributed by atoms with E-state index in [4.69, 9.17) is 5.26 Å². The molecule has 2 aromatic rings. The minimum absolute atomic E-state index is 0.309. The first-order valence-electron chi connectivity index (χ1n) is 6.04. The van der Waals surface area contributed by atoms with Crippen molar-refractivity contribution >= 4 is 27.5 Å². The summed E-state index contributed by atoms with van der Waals surface area (Å²) in [6.07, 6.45) is 3.67. The third-order valence-electron chi connectivity index (χ3n) is 2.79. The van der Waals surface area contributed by atoms with Crippen molar-refractivity contribution in [3.8, 4) is 6.07 Å². The molecule has 4 nitrogen and oxygen atoms in total. The number of para-hydroxylation sites is 1. The van der Waals surface area contributed by atoms with Crippen LogP contribution in [0.2, 0.25) is 0 Å². The zero-order chi connectivity index (χ0) is 14.4. The largest absolute Gasteiger partial charge is 0.324 e. The first kappa shape index (κ1) is 14.2. The molecule has 0 aliphatic carbocycles. The molecule has 0 saturated carbocycles. The molecule has 0 spiro atoms. The highest BCUT2D eigenvalue weighted by atomic mass is 79.9. The van der Waals surface area contributed by atoms with E-state index >= 15 is 0 Å². The highest BCUT2D eigenvalue weighted by Crippen LogP contribution is 2.22. The molecule has 1 amide bonds. The lowest BCUT2D eigenvalue weighted by atomic mass is 10.0. The number of carbonyl (C=O) groups is 1. The molecule has 0 fully saturated rings. The Morgan fingerprint density at radius 3 is 2.65 bits per heavy atom. The number of hydrogen-bond donors (Lipinski definition) is 1. The van der Waals surface area contributed by atoms with Crippen LogP contribution < -0.4 is 5.32 Å². The SMILES string of the molecule is N#CC(Cc1ccncc1)C(=O)Nc1ccccc1Br. The van der Waals surface area contributed by atoms with Gasteiger partial charge in [-0.3, -0.25) is 9.78 Å². The van der Waals surface area contributed by atoms with Crippen LogP contribution in [-0.4, -0.2) is 10.9 Å². The summed E-state index contributed by atoms with van der Waals surface area (Å²) in [7, 11) is 0. The van der Waals surface area contributed by atoms with Crippen molar-refractivity contribution in [3.05, 3.63) is 58.8 Å². The number of nitriles is 1. The van der Waals surface area contributed by atoms with Gasteiger partial charge in [0.1, 0.15) is 5.92 Å². The predicted octanol–water partition coefficient (Wildman–Crippen LogP) is 3.17. The number of anilines is 1. The Morgan fingerprint density at radius 2 is 2.00 bits per heavy atom. The monoisotopic (exact) mass is 329 g/mol. The standard InChI is InChI=1S/C15H12BrN3O/c16-13-3-1-2-4-14(13)19-15(20)12(10-17)9-11-5-7-18-8-6-11/h1-8,12H,9H2,(H,19,20). The van der Waals surface area contributed by atoms with Crippen molar-refractivity contribution in [2.75, 3.05) is 5.32 Å². The number of nitrogens with zero attached hydrogens (tertiary/aromatic N) is 2. The number of hydrogen-bond acceptors (Lipinski definition) is 3. The zero-order valence-corrected chi connectivity index (χ0v) is 12.2. The summed E-state index contributed by atoms with van der Waals surface area (Å²) in [5.74, 6) is -1.04. The van der Waals surface area contributed by atoms with Gasteiger partial charge in [0.05, 0.1) is 11.8 Å². The summed E-state index contributed by atoms with van der Waals surface area (Å²) in [5, 5.41) is 11.9. The molecule has 1 N–H and O–H groups in total. The molecule has 2 rings (SSSR count). The number of aromatic nitrogens is 1. The quantitative estimate of drug-likeness (QED) is 0.936. The van der Waals surface area contributed by atoms with E-state index < -0.39 is 5.92 Å². The van der Waals surface area contributed by atoms with Crippen LogP contribution in [0.1, 0.15) is 5.56 Å². The Balaban J connectivity index is 2.07. The fourth-order valence-corrected chi connectivity index (χ4v) is 2.12. The van der Waals surface area contributed by atoms with Crippen LogP contribution in [0.15, 0.2) is 53.3 Å². The lowest BCUT2D eigenvalue weighted by Gasteiger charge is -2.11. The van der Waals surface area contributed by atoms with Gasteiger partial charge in [-0.05, 0) is 52.2 Å². The van der Waals surface area contributed by atoms with E-state index in [1.54, 1.807) is 30.6 Å². The van der Waals surface area contributed by atoms with Crippen LogP contribution in [-0.2, 0) is 11.2 Å². The normalized spacial score (nSPS) is 11.4. The first-order valence-corrected chi connectivity index (χ1v) is 6.84. The van der Waals surface area contributed by atoms with Gasteiger partial charge < -0.3 is 5.32 Å². The Morgan fingerprint density at radius 1 is 1.30 bits per heavy atom. The molecule has 0 aliphatic rings. The molecular weight excluding hydrogens is 318 g/mol. The van der Waals surface area contributed by atoms with E-state index in [1.165, 1.54) is 0 Å². The second-order valence-electron chi connectivity index (χ2n) is 4.21. The molecule has 0 saturated heterocycles. The Bertz CT molecular complexity index is 637. The molecule has 100 valence electrons. The van der Waals surface area contributed by atoms with Gasteiger partial charge in [0.2, 0.25) is 5.91 Å². The van der Waals surface area contributed by atoms with Gasteiger partial charge in [-0.1, -0.05) is 12.1 Å². The first-order chi connectivity index (χ1) is 9.70. The van der Waals surface area contributed by atoms with E-state index in [0.717, 1.165) is 10.0 Å². The van der Waals surface area contributed by atoms with Crippen LogP contribution in [0, 0.1) is 17.2 Å². The second-order valence-corrected chi connectivity index (χ2v) is 5.06. The molecular formula is C15H12BrN3O. The summed E-state index contributed by atoms with van der Waals surface area (Å²) in [5.41, 5.74) is 1.57. The molecule has 0 radical (unpaired) electrons. The lowest BCUT2D eigenvalue weighted by Crippen LogP contribution is -2.23. The molecule has 5 heteroatoms. The Hall–Kier alpha value is -2.19. The third kappa shape index (κ3) is 3.65. The average Bonchev–Trinajstić information content (AvgIpc) is 2.48. The molecule has 1 heterocycles. The average molecular weight is 330 g/mol. The molecule has 20 heavy (non-hydrogen) atoms. The van der Waals surface area contributed by atoms with Crippen LogP contribution >= 0.6 is 15.9 Å². The van der Waals surface area contributed by atoms with Crippen LogP contribution in [0.3, 0.4) is 0 Å². The minimum atomic E-state index is -0.732. The van der Waals surface area contributed by atoms with Gasteiger partial charge in [0, 0.05) is 16.9 Å². The van der Waals surface area contributed by atoms with E-state index in [0.29, 0.717) is 12.1 Å². The second kappa shape index (κ2) is 6.83. The smallest absolute Gasteiger partial charge is 0.242 e. The van der Waals surface area contributed by atoms with Gasteiger partial charge in [-0.15, -0.1) is 0 Å². The van der Waals surface area contributed by atoms with E-state index in [-0.39, 0.29) is 5.91 Å². The van der Waals surface area contributed by atoms with Crippen molar-refractivity contribution in [3.63, 3.8) is 0 Å². The number of pyridine rings is 1. The topological polar surface area (TPSA) is 65.8 Å². The fraction of sp³-hybridized carbons (Fsp3) is 0.133. The molecule has 1 aromatic carbocycles. The van der Waals surface area contributed by atoms with Crippen LogP contribution in [0.4, 0.5) is 5.69 Å². The van der Waals surface area contributed by atoms with Crippen molar-refractivity contribution in [2.24, 2.45) is 5.92 Å². The van der Waals surface area contributed by atoms with E-state index in [9.17, 15) is 4.79 Å². The number of nitrogens with one attached hydrogen (secondary N) is 1. The predicted molar refractivity (Wildman–Crippen MR) is 79.8 cm³/mol. The third-order valence-corrected chi connectivity index (χ3v) is 3.48. The summed E-state index contributed by atoms with van der Waals surface area (Å²) in [6, 6.07) is 12.9. The number of benzene rings is 1. The van der Waals surface area contributed by atoms with Gasteiger partial charge in [0.25, 0.3) is 0 Å². The van der Waals surface area contributed by atoms with Crippen molar-refractivity contribution in [1.82, 2.24) is 4.98 Å². The highest BCUT2D eigenvalue weighted by Gasteiger charge is 2.19. The maximum Gasteiger partial charge on any atom is 0.242 e. The maximum atomic E-state index is 12.1. The minimum Gasteiger partial charge on any atom is -0.324 e. The van der Waals surface area contributed by atoms with Crippen molar-refractivity contribution in [2.45, 2.75) is 6.42 Å². The Labute approximate surface area is 125 Å². The summed E-state index contributed by atoms with van der Waals surface area (Å²) in [6.45, 7) is 0. The van der Waals surface area contributed by atoms with Gasteiger partial charge >= 0.3 is 0 Å². The highest BCUT2D eigenvalue weighted by molar-refractivity contribution is 9.10. The Kier molecular flexibility index (Phi) is 4.85.